The van der Waals surface area contributed by atoms with Gasteiger partial charge in [0.25, 0.3) is 0 Å². The summed E-state index contributed by atoms with van der Waals surface area (Å²) in [4.78, 5) is 0. The van der Waals surface area contributed by atoms with Crippen LogP contribution in [-0.4, -0.2) is 22.8 Å². The standard InChI is InChI=1S/C20H22ClFN2O/c21-19-11-17(22)8-7-15(19)13-24-14-16(12-23-9-3-4-10-25)18-5-1-2-6-20(18)24/h1-2,5-8,11,14,23,25H,3-4,9-10,12-13H2. The Kier molecular flexibility index (Phi) is 6.08. The van der Waals surface area contributed by atoms with Crippen molar-refractivity contribution in [1.29, 1.82) is 0 Å². The summed E-state index contributed by atoms with van der Waals surface area (Å²) in [5.41, 5.74) is 3.25. The predicted octanol–water partition coefficient (Wildman–Crippen LogP) is 4.34. The molecule has 25 heavy (non-hydrogen) atoms. The second-order valence-electron chi connectivity index (χ2n) is 6.14. The molecule has 0 unspecified atom stereocenters. The van der Waals surface area contributed by atoms with Crippen LogP contribution < -0.4 is 5.32 Å². The van der Waals surface area contributed by atoms with Crippen LogP contribution in [0.15, 0.2) is 48.7 Å². The lowest BCUT2D eigenvalue weighted by Gasteiger charge is -2.07. The lowest BCUT2D eigenvalue weighted by molar-refractivity contribution is 0.283. The Morgan fingerprint density at radius 1 is 1.08 bits per heavy atom. The van der Waals surface area contributed by atoms with Crippen LogP contribution in [0.1, 0.15) is 24.0 Å². The molecule has 0 spiro atoms. The van der Waals surface area contributed by atoms with Gasteiger partial charge in [-0.15, -0.1) is 0 Å². The Morgan fingerprint density at radius 2 is 1.92 bits per heavy atom. The molecule has 2 N–H and O–H groups in total. The van der Waals surface area contributed by atoms with E-state index in [4.69, 9.17) is 16.7 Å². The first-order chi connectivity index (χ1) is 12.2. The number of aromatic nitrogens is 1. The number of hydrogen-bond acceptors (Lipinski definition) is 2. The SMILES string of the molecule is OCCCCNCc1cn(Cc2ccc(F)cc2Cl)c2ccccc12. The number of para-hydroxylation sites is 1. The van der Waals surface area contributed by atoms with Gasteiger partial charge in [-0.3, -0.25) is 0 Å². The third-order valence-electron chi connectivity index (χ3n) is 4.30. The molecule has 2 aromatic carbocycles. The number of hydrogen-bond donors (Lipinski definition) is 2. The maximum Gasteiger partial charge on any atom is 0.124 e. The number of halogens is 2. The molecule has 1 heterocycles. The molecule has 0 saturated heterocycles. The fraction of sp³-hybridized carbons (Fsp3) is 0.300. The summed E-state index contributed by atoms with van der Waals surface area (Å²) < 4.78 is 15.4. The summed E-state index contributed by atoms with van der Waals surface area (Å²) >= 11 is 6.18. The number of aliphatic hydroxyl groups is 1. The lowest BCUT2D eigenvalue weighted by Crippen LogP contribution is -2.14. The van der Waals surface area contributed by atoms with E-state index in [9.17, 15) is 4.39 Å². The zero-order valence-electron chi connectivity index (χ0n) is 14.0. The van der Waals surface area contributed by atoms with E-state index in [2.05, 4.69) is 28.2 Å². The quantitative estimate of drug-likeness (QED) is 0.586. The van der Waals surface area contributed by atoms with Gasteiger partial charge in [0, 0.05) is 41.8 Å². The van der Waals surface area contributed by atoms with E-state index in [1.54, 1.807) is 6.07 Å². The molecule has 0 radical (unpaired) electrons. The average molecular weight is 361 g/mol. The van der Waals surface area contributed by atoms with E-state index < -0.39 is 0 Å². The molecule has 1 aromatic heterocycles. The second-order valence-corrected chi connectivity index (χ2v) is 6.55. The Labute approximate surface area is 152 Å². The molecule has 5 heteroatoms. The number of nitrogens with one attached hydrogen (secondary N) is 1. The summed E-state index contributed by atoms with van der Waals surface area (Å²) in [6.07, 6.45) is 3.90. The van der Waals surface area contributed by atoms with Crippen molar-refractivity contribution in [3.8, 4) is 0 Å². The van der Waals surface area contributed by atoms with E-state index >= 15 is 0 Å². The smallest absolute Gasteiger partial charge is 0.124 e. The van der Waals surface area contributed by atoms with Crippen molar-refractivity contribution in [2.45, 2.75) is 25.9 Å². The molecule has 0 saturated carbocycles. The first-order valence-electron chi connectivity index (χ1n) is 8.51. The fourth-order valence-electron chi connectivity index (χ4n) is 3.01. The minimum absolute atomic E-state index is 0.236. The molecule has 0 amide bonds. The minimum Gasteiger partial charge on any atom is -0.396 e. The van der Waals surface area contributed by atoms with Gasteiger partial charge in [0.1, 0.15) is 5.82 Å². The van der Waals surface area contributed by atoms with Crippen LogP contribution in [0.5, 0.6) is 0 Å². The van der Waals surface area contributed by atoms with E-state index in [0.29, 0.717) is 11.6 Å². The molecular weight excluding hydrogens is 339 g/mol. The van der Waals surface area contributed by atoms with Crippen LogP contribution in [0, 0.1) is 5.82 Å². The molecule has 0 aliphatic rings. The number of unbranched alkanes of at least 4 members (excludes halogenated alkanes) is 1. The topological polar surface area (TPSA) is 37.2 Å². The summed E-state index contributed by atoms with van der Waals surface area (Å²) in [5.74, 6) is -0.320. The maximum atomic E-state index is 13.3. The second kappa shape index (κ2) is 8.48. The fourth-order valence-corrected chi connectivity index (χ4v) is 3.24. The first-order valence-corrected chi connectivity index (χ1v) is 8.89. The molecule has 3 aromatic rings. The monoisotopic (exact) mass is 360 g/mol. The zero-order chi connectivity index (χ0) is 17.6. The zero-order valence-corrected chi connectivity index (χ0v) is 14.8. The van der Waals surface area contributed by atoms with Crippen LogP contribution in [0.4, 0.5) is 4.39 Å². The van der Waals surface area contributed by atoms with Crippen molar-refractivity contribution in [1.82, 2.24) is 9.88 Å². The largest absolute Gasteiger partial charge is 0.396 e. The first kappa shape index (κ1) is 17.9. The van der Waals surface area contributed by atoms with Gasteiger partial charge in [0.2, 0.25) is 0 Å². The maximum absolute atomic E-state index is 13.3. The molecule has 3 rings (SSSR count). The highest BCUT2D eigenvalue weighted by molar-refractivity contribution is 6.31. The Morgan fingerprint density at radius 3 is 2.72 bits per heavy atom. The van der Waals surface area contributed by atoms with E-state index in [1.165, 1.54) is 23.1 Å². The minimum atomic E-state index is -0.320. The molecule has 3 nitrogen and oxygen atoms in total. The highest BCUT2D eigenvalue weighted by Crippen LogP contribution is 2.25. The summed E-state index contributed by atoms with van der Waals surface area (Å²) in [6, 6.07) is 12.8. The number of nitrogens with zero attached hydrogens (tertiary/aromatic N) is 1. The highest BCUT2D eigenvalue weighted by Gasteiger charge is 2.10. The molecule has 132 valence electrons. The third-order valence-corrected chi connectivity index (χ3v) is 4.66. The van der Waals surface area contributed by atoms with Gasteiger partial charge in [0.15, 0.2) is 0 Å². The highest BCUT2D eigenvalue weighted by atomic mass is 35.5. The average Bonchev–Trinajstić information content (AvgIpc) is 2.95. The van der Waals surface area contributed by atoms with Crippen molar-refractivity contribution in [3.05, 3.63) is 70.6 Å². The lowest BCUT2D eigenvalue weighted by atomic mass is 10.2. The number of aliphatic hydroxyl groups excluding tert-OH is 1. The van der Waals surface area contributed by atoms with Crippen molar-refractivity contribution in [2.24, 2.45) is 0 Å². The van der Waals surface area contributed by atoms with Gasteiger partial charge in [0.05, 0.1) is 0 Å². The third kappa shape index (κ3) is 4.40. The van der Waals surface area contributed by atoms with Gasteiger partial charge in [-0.05, 0) is 48.7 Å². The van der Waals surface area contributed by atoms with Crippen LogP contribution in [0.3, 0.4) is 0 Å². The van der Waals surface area contributed by atoms with Gasteiger partial charge in [-0.1, -0.05) is 35.9 Å². The normalized spacial score (nSPS) is 11.3. The number of rotatable bonds is 8. The van der Waals surface area contributed by atoms with Crippen LogP contribution in [0.25, 0.3) is 10.9 Å². The molecule has 0 aliphatic carbocycles. The Bertz CT molecular complexity index is 847. The Balaban J connectivity index is 1.81. The van der Waals surface area contributed by atoms with Gasteiger partial charge < -0.3 is 15.0 Å². The van der Waals surface area contributed by atoms with E-state index in [1.807, 2.05) is 12.1 Å². The van der Waals surface area contributed by atoms with Gasteiger partial charge in [-0.2, -0.15) is 0 Å². The van der Waals surface area contributed by atoms with Gasteiger partial charge in [-0.25, -0.2) is 4.39 Å². The summed E-state index contributed by atoms with van der Waals surface area (Å²) in [6.45, 7) is 2.49. The van der Waals surface area contributed by atoms with Crippen LogP contribution in [-0.2, 0) is 13.1 Å². The van der Waals surface area contributed by atoms with E-state index in [0.717, 1.165) is 37.0 Å². The molecular formula is C20H22ClFN2O. The molecule has 0 aliphatic heterocycles. The van der Waals surface area contributed by atoms with Gasteiger partial charge >= 0.3 is 0 Å². The number of benzene rings is 2. The van der Waals surface area contributed by atoms with Crippen molar-refractivity contribution in [3.63, 3.8) is 0 Å². The molecule has 0 atom stereocenters. The number of fused-ring (bicyclic) bond motifs is 1. The van der Waals surface area contributed by atoms with Crippen molar-refractivity contribution >= 4 is 22.5 Å². The van der Waals surface area contributed by atoms with Crippen LogP contribution in [0.2, 0.25) is 5.02 Å². The van der Waals surface area contributed by atoms with E-state index in [-0.39, 0.29) is 12.4 Å². The van der Waals surface area contributed by atoms with Crippen molar-refractivity contribution in [2.75, 3.05) is 13.2 Å². The summed E-state index contributed by atoms with van der Waals surface area (Å²) in [7, 11) is 0. The predicted molar refractivity (Wildman–Crippen MR) is 100 cm³/mol. The molecule has 0 fully saturated rings. The Hall–Kier alpha value is -1.88. The molecule has 0 bridgehead atoms. The summed E-state index contributed by atoms with van der Waals surface area (Å²) in [5, 5.41) is 13.9. The van der Waals surface area contributed by atoms with Crippen molar-refractivity contribution < 1.29 is 9.50 Å². The van der Waals surface area contributed by atoms with Crippen LogP contribution >= 0.6 is 11.6 Å².